The third-order valence-electron chi connectivity index (χ3n) is 9.90. The fraction of sp³-hybridized carbons (Fsp3) is 0.531. The summed E-state index contributed by atoms with van der Waals surface area (Å²) in [6.45, 7) is 3.31. The Bertz CT molecular complexity index is 1840. The smallest absolute Gasteiger partial charge is 0.461 e. The molecule has 1 N–H and O–H groups in total. The van der Waals surface area contributed by atoms with E-state index in [1.165, 1.54) is 6.20 Å². The molecule has 3 fully saturated rings. The van der Waals surface area contributed by atoms with Gasteiger partial charge in [0.1, 0.15) is 42.1 Å². The van der Waals surface area contributed by atoms with Gasteiger partial charge in [-0.15, -0.1) is 0 Å². The second-order valence-electron chi connectivity index (χ2n) is 12.9. The Labute approximate surface area is 262 Å². The van der Waals surface area contributed by atoms with Crippen LogP contribution in [0.5, 0.6) is 6.01 Å². The highest BCUT2D eigenvalue weighted by Gasteiger charge is 2.49. The Morgan fingerprint density at radius 2 is 2.02 bits per heavy atom. The molecule has 5 aliphatic rings. The number of halogens is 3. The number of rotatable bonds is 3. The molecule has 3 saturated heterocycles. The molecule has 242 valence electrons. The summed E-state index contributed by atoms with van der Waals surface area (Å²) in [5, 5.41) is 8.11. The highest BCUT2D eigenvalue weighted by molar-refractivity contribution is 5.99. The molecule has 0 spiro atoms. The van der Waals surface area contributed by atoms with Gasteiger partial charge in [-0.2, -0.15) is 15.1 Å². The van der Waals surface area contributed by atoms with Crippen LogP contribution in [-0.2, 0) is 15.9 Å². The maximum atomic E-state index is 17.0. The monoisotopic (exact) mass is 637 g/mol. The van der Waals surface area contributed by atoms with E-state index >= 15 is 8.78 Å². The Morgan fingerprint density at radius 1 is 1.13 bits per heavy atom. The fourth-order valence-electron chi connectivity index (χ4n) is 7.84. The molecule has 46 heavy (non-hydrogen) atoms. The van der Waals surface area contributed by atoms with Gasteiger partial charge in [0, 0.05) is 36.5 Å². The zero-order valence-corrected chi connectivity index (χ0v) is 25.4. The number of aryl methyl sites for hydroxylation is 1. The molecule has 4 aromatic rings. The van der Waals surface area contributed by atoms with Crippen molar-refractivity contribution in [3.63, 3.8) is 0 Å². The number of pyridine rings is 1. The van der Waals surface area contributed by atoms with Crippen molar-refractivity contribution in [1.82, 2.24) is 30.0 Å². The molecule has 9 rings (SSSR count). The number of nitrogens with one attached hydrogen (secondary N) is 1. The van der Waals surface area contributed by atoms with Gasteiger partial charge in [-0.05, 0) is 56.3 Å². The average Bonchev–Trinajstić information content (AvgIpc) is 3.72. The first-order valence-corrected chi connectivity index (χ1v) is 15.8. The molecule has 11 nitrogen and oxygen atoms in total. The Hall–Kier alpha value is -4.20. The predicted octanol–water partition coefficient (Wildman–Crippen LogP) is 4.99. The van der Waals surface area contributed by atoms with Gasteiger partial charge in [0.2, 0.25) is 0 Å². The summed E-state index contributed by atoms with van der Waals surface area (Å²) in [4.78, 5) is 30.2. The van der Waals surface area contributed by atoms with Gasteiger partial charge in [0.15, 0.2) is 5.82 Å². The van der Waals surface area contributed by atoms with Crippen molar-refractivity contribution in [2.45, 2.75) is 69.4 Å². The van der Waals surface area contributed by atoms with E-state index in [-0.39, 0.29) is 61.1 Å². The third kappa shape index (κ3) is 4.97. The highest BCUT2D eigenvalue weighted by atomic mass is 19.1. The van der Waals surface area contributed by atoms with Crippen LogP contribution in [0.15, 0.2) is 18.5 Å². The third-order valence-corrected chi connectivity index (χ3v) is 9.90. The van der Waals surface area contributed by atoms with Gasteiger partial charge in [-0.1, -0.05) is 0 Å². The van der Waals surface area contributed by atoms with Gasteiger partial charge in [0.05, 0.1) is 42.3 Å². The number of carbonyl (C=O) groups excluding carboxylic acids is 1. The normalized spacial score (nSPS) is 26.8. The number of hydrogen-bond donors (Lipinski definition) is 1. The number of anilines is 1. The number of hydrogen-bond acceptors (Lipinski definition) is 10. The molecule has 14 heteroatoms. The maximum absolute atomic E-state index is 17.0. The maximum Gasteiger partial charge on any atom is 0.508 e. The number of piperidine rings is 1. The first kappa shape index (κ1) is 29.2. The molecule has 6 bridgehead atoms. The molecule has 0 unspecified atom stereocenters. The first-order chi connectivity index (χ1) is 22.3. The topological polar surface area (TPSA) is 119 Å². The van der Waals surface area contributed by atoms with Crippen LogP contribution in [0.2, 0.25) is 0 Å². The van der Waals surface area contributed by atoms with E-state index in [1.807, 2.05) is 13.0 Å². The second-order valence-corrected chi connectivity index (χ2v) is 12.9. The number of alkyl halides is 2. The molecular weight excluding hydrogens is 603 g/mol. The van der Waals surface area contributed by atoms with Crippen molar-refractivity contribution in [2.24, 2.45) is 0 Å². The van der Waals surface area contributed by atoms with Gasteiger partial charge in [0.25, 0.3) is 0 Å². The zero-order chi connectivity index (χ0) is 31.6. The van der Waals surface area contributed by atoms with E-state index in [0.717, 1.165) is 36.0 Å². The molecule has 1 aromatic carbocycles. The molecule has 0 radical (unpaired) electrons. The summed E-state index contributed by atoms with van der Waals surface area (Å²) >= 11 is 0. The van der Waals surface area contributed by atoms with Gasteiger partial charge < -0.3 is 19.1 Å². The number of aromatic amines is 1. The van der Waals surface area contributed by atoms with Crippen LogP contribution in [0.25, 0.3) is 33.1 Å². The molecule has 0 aliphatic carbocycles. The summed E-state index contributed by atoms with van der Waals surface area (Å²) < 4.78 is 63.7. The summed E-state index contributed by atoms with van der Waals surface area (Å²) in [5.74, 6) is -0.464. The van der Waals surface area contributed by atoms with Crippen LogP contribution in [0.3, 0.4) is 0 Å². The quantitative estimate of drug-likeness (QED) is 0.308. The van der Waals surface area contributed by atoms with E-state index in [2.05, 4.69) is 30.0 Å². The van der Waals surface area contributed by atoms with Crippen molar-refractivity contribution < 1.29 is 32.2 Å². The van der Waals surface area contributed by atoms with Crippen molar-refractivity contribution >= 4 is 33.8 Å². The lowest BCUT2D eigenvalue weighted by atomic mass is 9.92. The number of nitrogens with zero attached hydrogens (tertiary/aromatic N) is 6. The molecular formula is C32H34F3N7O4. The average molecular weight is 638 g/mol. The fourth-order valence-corrected chi connectivity index (χ4v) is 7.84. The molecule has 8 heterocycles. The lowest BCUT2D eigenvalue weighted by Gasteiger charge is -2.35. The Balaban J connectivity index is 1.30. The van der Waals surface area contributed by atoms with Crippen LogP contribution in [0.4, 0.5) is 23.8 Å². The second kappa shape index (κ2) is 11.2. The van der Waals surface area contributed by atoms with Crippen molar-refractivity contribution in [3.8, 4) is 17.3 Å². The van der Waals surface area contributed by atoms with E-state index in [1.54, 1.807) is 11.1 Å². The zero-order valence-electron chi connectivity index (χ0n) is 25.4. The Morgan fingerprint density at radius 3 is 2.91 bits per heavy atom. The first-order valence-electron chi connectivity index (χ1n) is 15.8. The van der Waals surface area contributed by atoms with E-state index in [4.69, 9.17) is 14.2 Å². The highest BCUT2D eigenvalue weighted by Crippen LogP contribution is 2.42. The number of H-pyrrole nitrogens is 1. The lowest BCUT2D eigenvalue weighted by Crippen LogP contribution is -2.46. The number of benzene rings is 1. The van der Waals surface area contributed by atoms with Crippen LogP contribution in [-0.4, -0.2) is 99.6 Å². The number of ether oxygens (including phenoxy) is 3. The van der Waals surface area contributed by atoms with E-state index < -0.39 is 36.0 Å². The van der Waals surface area contributed by atoms with Crippen molar-refractivity contribution in [1.29, 1.82) is 0 Å². The summed E-state index contributed by atoms with van der Waals surface area (Å²) in [5.41, 5.74) is 2.57. The van der Waals surface area contributed by atoms with Crippen LogP contribution >= 0.6 is 0 Å². The molecule has 4 atom stereocenters. The standard InChI is InChI=1S/C32H34F3N7O4/c1-17-8-24-22(12-37-40-24)25-21(17)4-2-7-44-31(43)46-20-9-18(33)13-41(15-20)29-23-11-36-28(25)26(35)27(23)38-30(39-29)45-16-32-5-3-6-42(32)14-19(34)10-32/h8,11-12,18-20H,2-7,9-10,13-16H2,1H3,(H,37,40)/t18-,19+,20+,32-/m0/s1. The number of fused-ring (bicyclic) bond motifs is 8. The number of carbonyl (C=O) groups is 1. The minimum Gasteiger partial charge on any atom is -0.461 e. The molecule has 3 aromatic heterocycles. The van der Waals surface area contributed by atoms with Gasteiger partial charge in [-0.3, -0.25) is 15.0 Å². The van der Waals surface area contributed by atoms with Crippen molar-refractivity contribution in [2.75, 3.05) is 44.3 Å². The molecule has 0 saturated carbocycles. The van der Waals surface area contributed by atoms with Gasteiger partial charge >= 0.3 is 12.2 Å². The lowest BCUT2D eigenvalue weighted by molar-refractivity contribution is 0.00901. The summed E-state index contributed by atoms with van der Waals surface area (Å²) in [6, 6.07) is 1.84. The largest absolute Gasteiger partial charge is 0.508 e. The van der Waals surface area contributed by atoms with E-state index in [9.17, 15) is 9.18 Å². The van der Waals surface area contributed by atoms with E-state index in [0.29, 0.717) is 36.8 Å². The predicted molar refractivity (Wildman–Crippen MR) is 162 cm³/mol. The van der Waals surface area contributed by atoms with Crippen LogP contribution in [0, 0.1) is 12.7 Å². The minimum absolute atomic E-state index is 0.00917. The van der Waals surface area contributed by atoms with Crippen LogP contribution < -0.4 is 9.64 Å². The summed E-state index contributed by atoms with van der Waals surface area (Å²) in [6.07, 6.45) is 2.08. The molecule has 5 aliphatic heterocycles. The van der Waals surface area contributed by atoms with Crippen molar-refractivity contribution in [3.05, 3.63) is 35.4 Å². The Kier molecular flexibility index (Phi) is 7.14. The molecule has 0 amide bonds. The number of aromatic nitrogens is 5. The summed E-state index contributed by atoms with van der Waals surface area (Å²) in [7, 11) is 0. The SMILES string of the molecule is Cc1cc2[nH]ncc2c2c1CCCOC(=O)O[C@@H]1C[C@H](F)CN(C1)c1nc(OC[C@@]34CCCN3C[C@H](F)C4)nc3c(F)c-2ncc13. The van der Waals surface area contributed by atoms with Crippen LogP contribution in [0.1, 0.15) is 43.2 Å². The minimum atomic E-state index is -1.35. The van der Waals surface area contributed by atoms with Gasteiger partial charge in [-0.25, -0.2) is 18.0 Å².